The fraction of sp³-hybridized carbons (Fsp3) is 0.632. The summed E-state index contributed by atoms with van der Waals surface area (Å²) >= 11 is -1.99. The Labute approximate surface area is 150 Å². The first-order valence-corrected chi connectivity index (χ1v) is 18.8. The van der Waals surface area contributed by atoms with Gasteiger partial charge >= 0.3 is 130 Å². The van der Waals surface area contributed by atoms with Crippen molar-refractivity contribution >= 4 is 28.0 Å². The summed E-state index contributed by atoms with van der Waals surface area (Å²) in [7, 11) is 0. The third-order valence-corrected chi connectivity index (χ3v) is 10.0. The molecule has 1 aliphatic rings. The van der Waals surface area contributed by atoms with Gasteiger partial charge in [-0.1, -0.05) is 0 Å². The van der Waals surface area contributed by atoms with Gasteiger partial charge in [0.1, 0.15) is 0 Å². The van der Waals surface area contributed by atoms with Gasteiger partial charge in [0.15, 0.2) is 0 Å². The number of hydrogen-bond donors (Lipinski definition) is 0. The molecule has 1 aromatic rings. The van der Waals surface area contributed by atoms with Crippen LogP contribution < -0.4 is 8.32 Å². The van der Waals surface area contributed by atoms with E-state index in [1.54, 1.807) is 4.90 Å². The summed E-state index contributed by atoms with van der Waals surface area (Å²) in [4.78, 5) is 21.1. The van der Waals surface area contributed by atoms with E-state index in [4.69, 9.17) is 9.47 Å². The second kappa shape index (κ2) is 7.54. The van der Waals surface area contributed by atoms with Crippen molar-refractivity contribution in [3.8, 4) is 5.75 Å². The van der Waals surface area contributed by atoms with Crippen molar-refractivity contribution < 1.29 is 14.3 Å². The summed E-state index contributed by atoms with van der Waals surface area (Å²) in [5, 5.41) is 0. The molecule has 0 N–H and O–H groups in total. The molecule has 0 aromatic heterocycles. The van der Waals surface area contributed by atoms with Crippen LogP contribution in [0.3, 0.4) is 0 Å². The SMILES string of the molecule is CC(C)(C)OC(=O)N1CCC(Oc2cc[c]([Sn]([CH3])([CH3])[CH3])cc2)CC1. The average Bonchev–Trinajstić information content (AvgIpc) is 2.46. The van der Waals surface area contributed by atoms with Crippen molar-refractivity contribution in [3.63, 3.8) is 0 Å². The minimum atomic E-state index is -1.99. The number of likely N-dealkylation sites (tertiary alicyclic amines) is 1. The van der Waals surface area contributed by atoms with Gasteiger partial charge in [-0.25, -0.2) is 0 Å². The molecule has 1 amide bonds. The zero-order valence-corrected chi connectivity index (χ0v) is 18.7. The summed E-state index contributed by atoms with van der Waals surface area (Å²) in [6.07, 6.45) is 1.65. The predicted molar refractivity (Wildman–Crippen MR) is 101 cm³/mol. The van der Waals surface area contributed by atoms with Crippen LogP contribution >= 0.6 is 0 Å². The first kappa shape index (κ1) is 19.4. The van der Waals surface area contributed by atoms with Crippen LogP contribution in [0.4, 0.5) is 4.79 Å². The normalized spacial score (nSPS) is 16.8. The van der Waals surface area contributed by atoms with Crippen LogP contribution in [0.2, 0.25) is 14.8 Å². The van der Waals surface area contributed by atoms with E-state index in [-0.39, 0.29) is 12.2 Å². The van der Waals surface area contributed by atoms with Crippen molar-refractivity contribution in [2.75, 3.05) is 13.1 Å². The number of carbonyl (C=O) groups is 1. The van der Waals surface area contributed by atoms with Gasteiger partial charge < -0.3 is 0 Å². The molecule has 1 fully saturated rings. The molecule has 0 radical (unpaired) electrons. The van der Waals surface area contributed by atoms with Gasteiger partial charge in [0.2, 0.25) is 0 Å². The van der Waals surface area contributed by atoms with Crippen molar-refractivity contribution in [1.82, 2.24) is 4.90 Å². The topological polar surface area (TPSA) is 38.8 Å². The number of rotatable bonds is 3. The van der Waals surface area contributed by atoms with E-state index in [1.165, 1.54) is 3.58 Å². The molecule has 1 aliphatic heterocycles. The van der Waals surface area contributed by atoms with Gasteiger partial charge in [0.25, 0.3) is 0 Å². The Kier molecular flexibility index (Phi) is 6.10. The van der Waals surface area contributed by atoms with Crippen LogP contribution in [0, 0.1) is 0 Å². The van der Waals surface area contributed by atoms with Gasteiger partial charge in [-0.3, -0.25) is 0 Å². The quantitative estimate of drug-likeness (QED) is 0.668. The number of benzene rings is 1. The van der Waals surface area contributed by atoms with E-state index in [9.17, 15) is 4.79 Å². The Morgan fingerprint density at radius 1 is 1.08 bits per heavy atom. The Hall–Kier alpha value is -0.911. The van der Waals surface area contributed by atoms with E-state index in [0.29, 0.717) is 13.1 Å². The number of nitrogens with zero attached hydrogens (tertiary/aromatic N) is 1. The van der Waals surface area contributed by atoms with E-state index in [1.807, 2.05) is 20.8 Å². The predicted octanol–water partition coefficient (Wildman–Crippen LogP) is 4.01. The molecule has 0 atom stereocenters. The molecular formula is C19H31NO3Sn. The third kappa shape index (κ3) is 5.87. The van der Waals surface area contributed by atoms with Crippen LogP contribution in [-0.4, -0.2) is 54.2 Å². The van der Waals surface area contributed by atoms with Gasteiger partial charge in [-0.05, 0) is 20.8 Å². The Bertz CT molecular complexity index is 549. The Balaban J connectivity index is 1.84. The van der Waals surface area contributed by atoms with E-state index in [0.717, 1.165) is 18.6 Å². The number of piperidine rings is 1. The number of amides is 1. The Morgan fingerprint density at radius 3 is 2.08 bits per heavy atom. The van der Waals surface area contributed by atoms with E-state index >= 15 is 0 Å². The van der Waals surface area contributed by atoms with Crippen molar-refractivity contribution in [2.24, 2.45) is 0 Å². The standard InChI is InChI=1S/C16H22NO3.3CH3.Sn/c1-16(2,3)20-15(18)17-11-9-14(10-12-17)19-13-7-5-4-6-8-13;;;;/h5-8,14H,9-12H2,1-3H3;3*1H3;. The maximum atomic E-state index is 12.1. The van der Waals surface area contributed by atoms with Crippen molar-refractivity contribution in [1.29, 1.82) is 0 Å². The van der Waals surface area contributed by atoms with Crippen molar-refractivity contribution in [3.05, 3.63) is 24.3 Å². The molecule has 0 aliphatic carbocycles. The summed E-state index contributed by atoms with van der Waals surface area (Å²) in [5.41, 5.74) is -0.440. The van der Waals surface area contributed by atoms with Crippen LogP contribution in [-0.2, 0) is 4.74 Å². The maximum absolute atomic E-state index is 12.1. The number of hydrogen-bond acceptors (Lipinski definition) is 3. The van der Waals surface area contributed by atoms with Crippen LogP contribution in [0.15, 0.2) is 24.3 Å². The second-order valence-electron chi connectivity index (χ2n) is 8.56. The summed E-state index contributed by atoms with van der Waals surface area (Å²) in [6, 6.07) is 8.64. The third-order valence-electron chi connectivity index (χ3n) is 4.12. The summed E-state index contributed by atoms with van der Waals surface area (Å²) < 4.78 is 13.0. The molecular weight excluding hydrogens is 409 g/mol. The van der Waals surface area contributed by atoms with Crippen LogP contribution in [0.5, 0.6) is 5.75 Å². The molecule has 5 heteroatoms. The zero-order chi connectivity index (χ0) is 18.0. The van der Waals surface area contributed by atoms with Gasteiger partial charge in [-0.2, -0.15) is 0 Å². The van der Waals surface area contributed by atoms with Crippen molar-refractivity contribution in [2.45, 2.75) is 60.1 Å². The fourth-order valence-electron chi connectivity index (χ4n) is 2.71. The number of carbonyl (C=O) groups excluding carboxylic acids is 1. The van der Waals surface area contributed by atoms with E-state index in [2.05, 4.69) is 39.1 Å². The zero-order valence-electron chi connectivity index (χ0n) is 15.9. The van der Waals surface area contributed by atoms with Gasteiger partial charge in [0.05, 0.1) is 0 Å². The molecule has 134 valence electrons. The molecule has 1 aromatic carbocycles. The monoisotopic (exact) mass is 441 g/mol. The molecule has 2 rings (SSSR count). The molecule has 24 heavy (non-hydrogen) atoms. The molecule has 4 nitrogen and oxygen atoms in total. The number of ether oxygens (including phenoxy) is 2. The Morgan fingerprint density at radius 2 is 1.62 bits per heavy atom. The first-order valence-electron chi connectivity index (χ1n) is 8.80. The molecule has 0 bridgehead atoms. The molecule has 0 spiro atoms. The summed E-state index contributed by atoms with van der Waals surface area (Å²) in [5.74, 6) is 0.935. The fourth-order valence-corrected chi connectivity index (χ4v) is 6.04. The molecule has 1 heterocycles. The average molecular weight is 440 g/mol. The van der Waals surface area contributed by atoms with Gasteiger partial charge in [-0.15, -0.1) is 0 Å². The van der Waals surface area contributed by atoms with E-state index < -0.39 is 24.0 Å². The minimum absolute atomic E-state index is 0.174. The first-order chi connectivity index (χ1) is 11.0. The molecule has 0 unspecified atom stereocenters. The molecule has 1 saturated heterocycles. The van der Waals surface area contributed by atoms with Crippen LogP contribution in [0.1, 0.15) is 33.6 Å². The molecule has 0 saturated carbocycles. The summed E-state index contributed by atoms with van der Waals surface area (Å²) in [6.45, 7) is 7.07. The second-order valence-corrected chi connectivity index (χ2v) is 23.1. The van der Waals surface area contributed by atoms with Crippen LogP contribution in [0.25, 0.3) is 0 Å². The van der Waals surface area contributed by atoms with Gasteiger partial charge in [0, 0.05) is 0 Å².